The summed E-state index contributed by atoms with van der Waals surface area (Å²) in [6.45, 7) is 0. The number of thioether (sulfide) groups is 1. The third-order valence-electron chi connectivity index (χ3n) is 4.03. The maximum absolute atomic E-state index is 13.3. The summed E-state index contributed by atoms with van der Waals surface area (Å²) in [6.07, 6.45) is 0.248. The summed E-state index contributed by atoms with van der Waals surface area (Å²) in [5.41, 5.74) is 5.99. The van der Waals surface area contributed by atoms with Gasteiger partial charge in [0.2, 0.25) is 5.91 Å². The maximum atomic E-state index is 13.3. The van der Waals surface area contributed by atoms with Crippen LogP contribution in [0.15, 0.2) is 53.1 Å². The number of nitrogens with zero attached hydrogens (tertiary/aromatic N) is 2. The maximum Gasteiger partial charge on any atom is 0.262 e. The van der Waals surface area contributed by atoms with Crippen LogP contribution in [-0.4, -0.2) is 17.1 Å². The zero-order chi connectivity index (χ0) is 20.4. The van der Waals surface area contributed by atoms with E-state index in [0.717, 1.165) is 11.8 Å². The Kier molecular flexibility index (Phi) is 5.94. The van der Waals surface area contributed by atoms with Crippen molar-refractivity contribution in [2.75, 3.05) is 4.90 Å². The van der Waals surface area contributed by atoms with Crippen molar-refractivity contribution >= 4 is 52.5 Å². The molecular formula is C19H12Cl2FN3O2S. The first-order valence-electron chi connectivity index (χ1n) is 7.96. The van der Waals surface area contributed by atoms with Crippen molar-refractivity contribution in [2.24, 2.45) is 5.73 Å². The molecule has 1 atom stereocenters. The normalized spacial score (nSPS) is 18.1. The minimum atomic E-state index is -0.949. The van der Waals surface area contributed by atoms with Crippen LogP contribution in [0, 0.1) is 17.1 Å². The molecule has 1 aliphatic rings. The molecule has 3 rings (SSSR count). The Labute approximate surface area is 174 Å². The molecule has 0 aromatic heterocycles. The highest BCUT2D eigenvalue weighted by atomic mass is 35.5. The smallest absolute Gasteiger partial charge is 0.262 e. The van der Waals surface area contributed by atoms with Gasteiger partial charge in [0, 0.05) is 15.7 Å². The van der Waals surface area contributed by atoms with E-state index in [-0.39, 0.29) is 22.9 Å². The first-order valence-corrected chi connectivity index (χ1v) is 9.59. The number of carbonyl (C=O) groups excluding carboxylic acids is 2. The van der Waals surface area contributed by atoms with Crippen molar-refractivity contribution < 1.29 is 14.0 Å². The second-order valence-electron chi connectivity index (χ2n) is 5.85. The highest BCUT2D eigenvalue weighted by Gasteiger charge is 2.40. The van der Waals surface area contributed by atoms with E-state index >= 15 is 0 Å². The van der Waals surface area contributed by atoms with Gasteiger partial charge in [0.15, 0.2) is 0 Å². The SMILES string of the molecule is N#C/C(C(N)=O)=C1/SC(Cc2ccc(Cl)cc2Cl)C(=O)N1c1ccc(F)cc1. The molecule has 28 heavy (non-hydrogen) atoms. The van der Waals surface area contributed by atoms with Gasteiger partial charge in [-0.1, -0.05) is 41.0 Å². The predicted octanol–water partition coefficient (Wildman–Crippen LogP) is 4.04. The van der Waals surface area contributed by atoms with E-state index in [0.29, 0.717) is 21.3 Å². The monoisotopic (exact) mass is 435 g/mol. The summed E-state index contributed by atoms with van der Waals surface area (Å²) in [5, 5.41) is 9.68. The highest BCUT2D eigenvalue weighted by Crippen LogP contribution is 2.42. The van der Waals surface area contributed by atoms with Crippen LogP contribution in [0.4, 0.5) is 10.1 Å². The van der Waals surface area contributed by atoms with Crippen LogP contribution < -0.4 is 10.6 Å². The third kappa shape index (κ3) is 3.99. The second-order valence-corrected chi connectivity index (χ2v) is 7.89. The fourth-order valence-corrected chi connectivity index (χ4v) is 4.50. The average molecular weight is 436 g/mol. The van der Waals surface area contributed by atoms with Crippen LogP contribution in [0.1, 0.15) is 5.56 Å². The predicted molar refractivity (Wildman–Crippen MR) is 107 cm³/mol. The molecule has 1 fully saturated rings. The first-order chi connectivity index (χ1) is 13.3. The Hall–Kier alpha value is -2.53. The van der Waals surface area contributed by atoms with E-state index in [1.54, 1.807) is 24.3 Å². The molecule has 2 N–H and O–H groups in total. The molecule has 0 bridgehead atoms. The van der Waals surface area contributed by atoms with Crippen molar-refractivity contribution in [1.29, 1.82) is 5.26 Å². The first kappa shape index (κ1) is 20.2. The number of carbonyl (C=O) groups is 2. The van der Waals surface area contributed by atoms with E-state index < -0.39 is 17.0 Å². The van der Waals surface area contributed by atoms with Gasteiger partial charge in [-0.25, -0.2) is 4.39 Å². The summed E-state index contributed by atoms with van der Waals surface area (Å²) in [5.74, 6) is -1.80. The summed E-state index contributed by atoms with van der Waals surface area (Å²) in [4.78, 5) is 26.0. The number of benzene rings is 2. The standard InChI is InChI=1S/C19H12Cl2FN3O2S/c20-11-2-1-10(15(21)8-11)7-16-18(27)25(13-5-3-12(22)4-6-13)19(28-16)14(9-23)17(24)26/h1-6,8,16H,7H2,(H2,24,26)/b19-14-. The van der Waals surface area contributed by atoms with Crippen molar-refractivity contribution in [2.45, 2.75) is 11.7 Å². The number of halogens is 3. The molecule has 2 aromatic rings. The van der Waals surface area contributed by atoms with Gasteiger partial charge < -0.3 is 5.73 Å². The lowest BCUT2D eigenvalue weighted by molar-refractivity contribution is -0.117. The van der Waals surface area contributed by atoms with Gasteiger partial charge in [-0.05, 0) is 48.4 Å². The van der Waals surface area contributed by atoms with Crippen LogP contribution in [0.3, 0.4) is 0 Å². The summed E-state index contributed by atoms with van der Waals surface area (Å²) in [7, 11) is 0. The van der Waals surface area contributed by atoms with Crippen LogP contribution in [0.5, 0.6) is 0 Å². The zero-order valence-electron chi connectivity index (χ0n) is 14.2. The molecule has 5 nitrogen and oxygen atoms in total. The average Bonchev–Trinajstić information content (AvgIpc) is 2.95. The number of anilines is 1. The molecule has 0 saturated carbocycles. The molecule has 142 valence electrons. The third-order valence-corrected chi connectivity index (χ3v) is 5.88. The van der Waals surface area contributed by atoms with Gasteiger partial charge in [0.1, 0.15) is 22.5 Å². The van der Waals surface area contributed by atoms with Gasteiger partial charge in [-0.15, -0.1) is 0 Å². The van der Waals surface area contributed by atoms with E-state index in [9.17, 15) is 19.2 Å². The Morgan fingerprint density at radius 3 is 2.50 bits per heavy atom. The van der Waals surface area contributed by atoms with E-state index in [1.165, 1.54) is 29.2 Å². The second kappa shape index (κ2) is 8.23. The molecule has 2 amide bonds. The fraction of sp³-hybridized carbons (Fsp3) is 0.105. The Balaban J connectivity index is 2.04. The minimum absolute atomic E-state index is 0.113. The van der Waals surface area contributed by atoms with Crippen LogP contribution in [0.25, 0.3) is 0 Å². The number of rotatable bonds is 4. The van der Waals surface area contributed by atoms with E-state index in [2.05, 4.69) is 0 Å². The number of primary amides is 1. The minimum Gasteiger partial charge on any atom is -0.365 e. The van der Waals surface area contributed by atoms with Gasteiger partial charge in [-0.2, -0.15) is 5.26 Å². The van der Waals surface area contributed by atoms with Crippen LogP contribution in [-0.2, 0) is 16.0 Å². The molecule has 0 radical (unpaired) electrons. The number of nitrogens with two attached hydrogens (primary N) is 1. The Morgan fingerprint density at radius 2 is 1.93 bits per heavy atom. The Morgan fingerprint density at radius 1 is 1.25 bits per heavy atom. The molecule has 1 aliphatic heterocycles. The van der Waals surface area contributed by atoms with Crippen molar-refractivity contribution in [3.63, 3.8) is 0 Å². The van der Waals surface area contributed by atoms with Crippen molar-refractivity contribution in [3.8, 4) is 6.07 Å². The highest BCUT2D eigenvalue weighted by molar-refractivity contribution is 8.05. The fourth-order valence-electron chi connectivity index (χ4n) is 2.71. The molecule has 9 heteroatoms. The topological polar surface area (TPSA) is 87.2 Å². The van der Waals surface area contributed by atoms with Crippen molar-refractivity contribution in [1.82, 2.24) is 0 Å². The van der Waals surface area contributed by atoms with Gasteiger partial charge in [-0.3, -0.25) is 14.5 Å². The van der Waals surface area contributed by atoms with Gasteiger partial charge in [0.05, 0.1) is 5.25 Å². The van der Waals surface area contributed by atoms with Crippen LogP contribution >= 0.6 is 35.0 Å². The van der Waals surface area contributed by atoms with Crippen molar-refractivity contribution in [3.05, 3.63) is 74.5 Å². The zero-order valence-corrected chi connectivity index (χ0v) is 16.5. The van der Waals surface area contributed by atoms with E-state index in [1.807, 2.05) is 0 Å². The van der Waals surface area contributed by atoms with Gasteiger partial charge >= 0.3 is 0 Å². The molecule has 1 saturated heterocycles. The summed E-state index contributed by atoms with van der Waals surface area (Å²) in [6, 6.07) is 11.8. The molecule has 2 aromatic carbocycles. The molecule has 1 heterocycles. The molecule has 0 aliphatic carbocycles. The summed E-state index contributed by atoms with van der Waals surface area (Å²) < 4.78 is 13.3. The lowest BCUT2D eigenvalue weighted by Gasteiger charge is -2.18. The lowest BCUT2D eigenvalue weighted by atomic mass is 10.1. The van der Waals surface area contributed by atoms with Crippen LogP contribution in [0.2, 0.25) is 10.0 Å². The molecular weight excluding hydrogens is 424 g/mol. The molecule has 0 spiro atoms. The van der Waals surface area contributed by atoms with Gasteiger partial charge in [0.25, 0.3) is 5.91 Å². The Bertz CT molecular complexity index is 1030. The van der Waals surface area contributed by atoms with E-state index in [4.69, 9.17) is 28.9 Å². The number of hydrogen-bond acceptors (Lipinski definition) is 4. The number of hydrogen-bond donors (Lipinski definition) is 1. The molecule has 1 unspecified atom stereocenters. The number of amides is 2. The lowest BCUT2D eigenvalue weighted by Crippen LogP contribution is -2.31. The quantitative estimate of drug-likeness (QED) is 0.579. The largest absolute Gasteiger partial charge is 0.365 e. The number of nitriles is 1. The summed E-state index contributed by atoms with van der Waals surface area (Å²) >= 11 is 13.2.